The Bertz CT molecular complexity index is 143. The lowest BCUT2D eigenvalue weighted by atomic mass is 10.3. The van der Waals surface area contributed by atoms with Gasteiger partial charge < -0.3 is 5.11 Å². The van der Waals surface area contributed by atoms with Gasteiger partial charge in [0.15, 0.2) is 0 Å². The summed E-state index contributed by atoms with van der Waals surface area (Å²) in [6.07, 6.45) is 0. The van der Waals surface area contributed by atoms with Crippen molar-refractivity contribution in [2.45, 2.75) is 5.72 Å². The Morgan fingerprint density at radius 1 is 2.00 bits per heavy atom. The van der Waals surface area contributed by atoms with Gasteiger partial charge in [0.25, 0.3) is 0 Å². The van der Waals surface area contributed by atoms with Gasteiger partial charge in [-0.1, -0.05) is 5.23 Å². The largest absolute Gasteiger partial charge is 0.363 e. The molecule has 6 heteroatoms. The lowest BCUT2D eigenvalue weighted by Crippen LogP contribution is -2.49. The first kappa shape index (κ1) is 9.26. The molecule has 0 fully saturated rings. The minimum atomic E-state index is -2.14. The minimum Gasteiger partial charge on any atom is -0.363 e. The van der Waals surface area contributed by atoms with E-state index in [1.807, 2.05) is 5.43 Å². The van der Waals surface area contributed by atoms with Gasteiger partial charge >= 0.3 is 0 Å². The van der Waals surface area contributed by atoms with Gasteiger partial charge in [0.1, 0.15) is 12.6 Å². The Kier molecular flexibility index (Phi) is 3.18. The SMILES string of the molecule is CNN(F)CC(N)(O)C#N. The van der Waals surface area contributed by atoms with E-state index < -0.39 is 12.3 Å². The molecule has 4 N–H and O–H groups in total. The van der Waals surface area contributed by atoms with Crippen LogP contribution in [0.4, 0.5) is 4.48 Å². The van der Waals surface area contributed by atoms with E-state index in [4.69, 9.17) is 16.1 Å². The highest BCUT2D eigenvalue weighted by molar-refractivity contribution is 4.95. The molecule has 0 aliphatic heterocycles. The third-order valence-corrected chi connectivity index (χ3v) is 0.816. The molecular formula is C4H9FN4O. The number of hydrogen-bond acceptors (Lipinski definition) is 5. The predicted molar refractivity (Wildman–Crippen MR) is 31.6 cm³/mol. The Balaban J connectivity index is 3.79. The van der Waals surface area contributed by atoms with Crippen LogP contribution in [-0.4, -0.2) is 29.7 Å². The minimum absolute atomic E-state index is 0.0171. The van der Waals surface area contributed by atoms with Crippen LogP contribution in [0.1, 0.15) is 0 Å². The van der Waals surface area contributed by atoms with Crippen LogP contribution in [-0.2, 0) is 0 Å². The molecule has 0 amide bonds. The Morgan fingerprint density at radius 2 is 2.50 bits per heavy atom. The molecule has 10 heavy (non-hydrogen) atoms. The van der Waals surface area contributed by atoms with Crippen LogP contribution in [0.2, 0.25) is 0 Å². The summed E-state index contributed by atoms with van der Waals surface area (Å²) in [7, 11) is 1.30. The number of aliphatic hydroxyl groups is 1. The zero-order valence-corrected chi connectivity index (χ0v) is 5.50. The maximum atomic E-state index is 12.1. The van der Waals surface area contributed by atoms with E-state index in [0.29, 0.717) is 0 Å². The molecule has 0 aromatic heterocycles. The molecular weight excluding hydrogens is 139 g/mol. The Labute approximate surface area is 57.7 Å². The predicted octanol–water partition coefficient (Wildman–Crippen LogP) is -1.52. The van der Waals surface area contributed by atoms with Gasteiger partial charge in [0.05, 0.1) is 0 Å². The van der Waals surface area contributed by atoms with Gasteiger partial charge in [0, 0.05) is 7.05 Å². The van der Waals surface area contributed by atoms with Crippen molar-refractivity contribution in [1.82, 2.24) is 10.7 Å². The van der Waals surface area contributed by atoms with E-state index in [-0.39, 0.29) is 5.23 Å². The standard InChI is InChI=1S/C4H9FN4O/c1-8-9(5)3-4(7,10)2-6/h8,10H,3,7H2,1H3. The molecule has 0 heterocycles. The summed E-state index contributed by atoms with van der Waals surface area (Å²) in [5, 5.41) is 16.8. The molecule has 1 unspecified atom stereocenters. The quantitative estimate of drug-likeness (QED) is 0.196. The lowest BCUT2D eigenvalue weighted by molar-refractivity contribution is -0.0757. The van der Waals surface area contributed by atoms with Crippen LogP contribution in [0, 0.1) is 11.3 Å². The highest BCUT2D eigenvalue weighted by atomic mass is 19.2. The molecule has 0 aromatic carbocycles. The van der Waals surface area contributed by atoms with Gasteiger partial charge in [-0.25, -0.2) is 5.43 Å². The summed E-state index contributed by atoms with van der Waals surface area (Å²) in [5.74, 6) is 0. The van der Waals surface area contributed by atoms with E-state index in [2.05, 4.69) is 0 Å². The van der Waals surface area contributed by atoms with Crippen LogP contribution in [0.3, 0.4) is 0 Å². The first-order chi connectivity index (χ1) is 4.52. The van der Waals surface area contributed by atoms with Crippen LogP contribution < -0.4 is 11.2 Å². The summed E-state index contributed by atoms with van der Waals surface area (Å²) in [4.78, 5) is 0. The second-order valence-corrected chi connectivity index (χ2v) is 1.78. The van der Waals surface area contributed by atoms with Crippen LogP contribution in [0.25, 0.3) is 0 Å². The van der Waals surface area contributed by atoms with Crippen molar-refractivity contribution in [3.8, 4) is 6.07 Å². The van der Waals surface area contributed by atoms with E-state index in [1.54, 1.807) is 0 Å². The smallest absolute Gasteiger partial charge is 0.220 e. The highest BCUT2D eigenvalue weighted by Gasteiger charge is 2.23. The zero-order valence-electron chi connectivity index (χ0n) is 5.50. The molecule has 0 bridgehead atoms. The molecule has 0 aliphatic rings. The highest BCUT2D eigenvalue weighted by Crippen LogP contribution is 1.94. The molecule has 1 atom stereocenters. The third kappa shape index (κ3) is 3.32. The second-order valence-electron chi connectivity index (χ2n) is 1.78. The topological polar surface area (TPSA) is 85.3 Å². The van der Waals surface area contributed by atoms with Gasteiger partial charge in [-0.3, -0.25) is 5.73 Å². The Hall–Kier alpha value is -0.740. The van der Waals surface area contributed by atoms with Crippen molar-refractivity contribution in [3.63, 3.8) is 0 Å². The number of rotatable bonds is 3. The van der Waals surface area contributed by atoms with Crippen LogP contribution in [0.15, 0.2) is 0 Å². The molecule has 0 aliphatic carbocycles. The summed E-state index contributed by atoms with van der Waals surface area (Å²) in [5.41, 5.74) is 4.76. The normalized spacial score (nSPS) is 16.4. The fourth-order valence-corrected chi connectivity index (χ4v) is 0.326. The number of nitrogens with two attached hydrogens (primary N) is 1. The zero-order chi connectivity index (χ0) is 8.20. The molecule has 0 rings (SSSR count). The van der Waals surface area contributed by atoms with Crippen molar-refractivity contribution in [1.29, 1.82) is 5.26 Å². The number of halogens is 1. The van der Waals surface area contributed by atoms with E-state index in [0.717, 1.165) is 0 Å². The van der Waals surface area contributed by atoms with Gasteiger partial charge in [-0.15, -0.1) is 4.48 Å². The van der Waals surface area contributed by atoms with Crippen molar-refractivity contribution < 1.29 is 9.59 Å². The maximum absolute atomic E-state index is 12.1. The third-order valence-electron chi connectivity index (χ3n) is 0.816. The summed E-state index contributed by atoms with van der Waals surface area (Å²) in [6, 6.07) is 1.32. The molecule has 0 spiro atoms. The molecule has 0 saturated heterocycles. The summed E-state index contributed by atoms with van der Waals surface area (Å²) in [6.45, 7) is -0.597. The molecule has 0 aromatic rings. The second kappa shape index (κ2) is 3.43. The first-order valence-corrected chi connectivity index (χ1v) is 2.55. The van der Waals surface area contributed by atoms with Crippen molar-refractivity contribution in [3.05, 3.63) is 0 Å². The van der Waals surface area contributed by atoms with E-state index in [9.17, 15) is 4.48 Å². The van der Waals surface area contributed by atoms with Crippen LogP contribution >= 0.6 is 0 Å². The average molecular weight is 148 g/mol. The molecule has 0 saturated carbocycles. The van der Waals surface area contributed by atoms with E-state index >= 15 is 0 Å². The molecule has 58 valence electrons. The van der Waals surface area contributed by atoms with Crippen molar-refractivity contribution in [2.24, 2.45) is 5.73 Å². The van der Waals surface area contributed by atoms with Gasteiger partial charge in [-0.05, 0) is 0 Å². The summed E-state index contributed by atoms with van der Waals surface area (Å²) < 4.78 is 12.1. The fraction of sp³-hybridized carbons (Fsp3) is 0.750. The van der Waals surface area contributed by atoms with Crippen molar-refractivity contribution in [2.75, 3.05) is 13.6 Å². The maximum Gasteiger partial charge on any atom is 0.220 e. The average Bonchev–Trinajstić information content (AvgIpc) is 1.87. The fourth-order valence-electron chi connectivity index (χ4n) is 0.326. The van der Waals surface area contributed by atoms with Gasteiger partial charge in [-0.2, -0.15) is 5.26 Å². The number of hydrogen-bond donors (Lipinski definition) is 3. The number of hydrazine groups is 1. The first-order valence-electron chi connectivity index (χ1n) is 2.55. The van der Waals surface area contributed by atoms with E-state index in [1.165, 1.54) is 13.1 Å². The lowest BCUT2D eigenvalue weighted by Gasteiger charge is -2.17. The molecule has 5 nitrogen and oxygen atoms in total. The van der Waals surface area contributed by atoms with Crippen molar-refractivity contribution >= 4 is 0 Å². The molecule has 0 radical (unpaired) electrons. The van der Waals surface area contributed by atoms with Crippen LogP contribution in [0.5, 0.6) is 0 Å². The number of nitriles is 1. The Morgan fingerprint density at radius 3 is 2.80 bits per heavy atom. The number of nitrogens with zero attached hydrogens (tertiary/aromatic N) is 2. The number of nitrogens with one attached hydrogen (secondary N) is 1. The van der Waals surface area contributed by atoms with Gasteiger partial charge in [0.2, 0.25) is 5.72 Å². The summed E-state index contributed by atoms with van der Waals surface area (Å²) >= 11 is 0. The monoisotopic (exact) mass is 148 g/mol.